The van der Waals surface area contributed by atoms with Gasteiger partial charge in [-0.2, -0.15) is 0 Å². The molecule has 0 unspecified atom stereocenters. The molecule has 2 aliphatic heterocycles. The summed E-state index contributed by atoms with van der Waals surface area (Å²) in [6.07, 6.45) is 5.90. The van der Waals surface area contributed by atoms with Crippen LogP contribution in [0.2, 0.25) is 0 Å². The smallest absolute Gasteiger partial charge is 0.329 e. The number of nitrogens with one attached hydrogen (secondary N) is 2. The lowest BCUT2D eigenvalue weighted by molar-refractivity contribution is -0.168. The minimum Gasteiger partial charge on any atom is -0.460 e. The van der Waals surface area contributed by atoms with Gasteiger partial charge in [0.15, 0.2) is 6.10 Å². The number of esters is 2. The van der Waals surface area contributed by atoms with Gasteiger partial charge in [0.2, 0.25) is 17.7 Å². The van der Waals surface area contributed by atoms with Gasteiger partial charge < -0.3 is 29.9 Å². The lowest BCUT2D eigenvalue weighted by Gasteiger charge is -2.35. The molecule has 0 aromatic heterocycles. The van der Waals surface area contributed by atoms with Crippen molar-refractivity contribution in [3.8, 4) is 12.3 Å². The second kappa shape index (κ2) is 19.4. The maximum absolute atomic E-state index is 14.3. The van der Waals surface area contributed by atoms with Gasteiger partial charge >= 0.3 is 11.9 Å². The quantitative estimate of drug-likeness (QED) is 0.223. The van der Waals surface area contributed by atoms with Crippen molar-refractivity contribution in [2.75, 3.05) is 13.6 Å². The zero-order valence-corrected chi connectivity index (χ0v) is 32.1. The van der Waals surface area contributed by atoms with Crippen LogP contribution in [0, 0.1) is 36.0 Å². The second-order valence-corrected chi connectivity index (χ2v) is 14.9. The van der Waals surface area contributed by atoms with Crippen LogP contribution in [0.1, 0.15) is 92.6 Å². The molecule has 12 heteroatoms. The van der Waals surface area contributed by atoms with Crippen LogP contribution < -0.4 is 10.6 Å². The van der Waals surface area contributed by atoms with Crippen LogP contribution in [-0.4, -0.2) is 95.3 Å². The lowest BCUT2D eigenvalue weighted by Crippen LogP contribution is -2.57. The molecular weight excluding hydrogens is 664 g/mol. The Morgan fingerprint density at radius 1 is 0.885 bits per heavy atom. The second-order valence-electron chi connectivity index (χ2n) is 14.9. The number of carbonyl (C=O) groups is 6. The molecule has 2 aliphatic rings. The van der Waals surface area contributed by atoms with Crippen molar-refractivity contribution in [2.24, 2.45) is 23.7 Å². The highest BCUT2D eigenvalue weighted by molar-refractivity contribution is 5.95. The van der Waals surface area contributed by atoms with Gasteiger partial charge in [0, 0.05) is 26.4 Å². The first-order chi connectivity index (χ1) is 24.6. The van der Waals surface area contributed by atoms with E-state index in [4.69, 9.17) is 15.9 Å². The average Bonchev–Trinajstić information content (AvgIpc) is 3.61. The van der Waals surface area contributed by atoms with E-state index in [1.165, 1.54) is 16.8 Å². The molecule has 2 fully saturated rings. The first-order valence-electron chi connectivity index (χ1n) is 18.7. The number of ether oxygens (including phenoxy) is 2. The number of terminal acetylenes is 1. The summed E-state index contributed by atoms with van der Waals surface area (Å²) < 4.78 is 12.1. The largest absolute Gasteiger partial charge is 0.460 e. The van der Waals surface area contributed by atoms with Crippen LogP contribution in [0.15, 0.2) is 30.3 Å². The lowest BCUT2D eigenvalue weighted by atomic mass is 9.94. The molecule has 1 aromatic carbocycles. The van der Waals surface area contributed by atoms with Gasteiger partial charge in [-0.05, 0) is 49.0 Å². The van der Waals surface area contributed by atoms with Crippen molar-refractivity contribution in [3.05, 3.63) is 35.9 Å². The van der Waals surface area contributed by atoms with Crippen LogP contribution in [0.3, 0.4) is 0 Å². The van der Waals surface area contributed by atoms with Crippen molar-refractivity contribution in [2.45, 2.75) is 130 Å². The van der Waals surface area contributed by atoms with E-state index >= 15 is 0 Å². The van der Waals surface area contributed by atoms with E-state index < -0.39 is 83.8 Å². The zero-order chi connectivity index (χ0) is 38.7. The summed E-state index contributed by atoms with van der Waals surface area (Å²) in [4.78, 5) is 86.9. The molecule has 3 rings (SSSR count). The highest BCUT2D eigenvalue weighted by Crippen LogP contribution is 2.25. The molecule has 12 nitrogen and oxygen atoms in total. The molecule has 0 bridgehead atoms. The fourth-order valence-electron chi connectivity index (χ4n) is 6.86. The number of benzene rings is 1. The number of hydrogen-bond donors (Lipinski definition) is 2. The van der Waals surface area contributed by atoms with Gasteiger partial charge in [-0.3, -0.25) is 19.2 Å². The minimum absolute atomic E-state index is 0.0458. The number of fused-ring (bicyclic) bond motifs is 1. The molecule has 0 aliphatic carbocycles. The summed E-state index contributed by atoms with van der Waals surface area (Å²) in [6.45, 7) is 12.7. The molecule has 4 amide bonds. The number of cyclic esters (lactones) is 2. The molecule has 52 heavy (non-hydrogen) atoms. The maximum Gasteiger partial charge on any atom is 0.329 e. The summed E-state index contributed by atoms with van der Waals surface area (Å²) in [7, 11) is 1.48. The highest BCUT2D eigenvalue weighted by Gasteiger charge is 2.44. The zero-order valence-electron chi connectivity index (χ0n) is 32.1. The Hall–Kier alpha value is -4.40. The Kier molecular flexibility index (Phi) is 15.7. The van der Waals surface area contributed by atoms with Crippen LogP contribution in [0.25, 0.3) is 0 Å². The number of rotatable bonds is 9. The number of amides is 4. The van der Waals surface area contributed by atoms with E-state index in [1.54, 1.807) is 34.6 Å². The predicted octanol–water partition coefficient (Wildman–Crippen LogP) is 3.65. The molecule has 0 saturated carbocycles. The Bertz CT molecular complexity index is 1460. The topological polar surface area (TPSA) is 151 Å². The SMILES string of the molecule is C#CCCC[C@H]1OC(=O)[C@H]([C@@H](C)CC)NC(=O)[C@@H]2CCCN2C(=O)[C@H](Cc2ccccc2)OC(=O)[C@H](C(C)C)N(C)C(=O)[C@H](C(C)C)NC(=O)[C@H]1C. The molecule has 286 valence electrons. The van der Waals surface area contributed by atoms with Gasteiger partial charge in [-0.25, -0.2) is 9.59 Å². The number of unbranched alkanes of at least 4 members (excludes halogenated alkanes) is 1. The van der Waals surface area contributed by atoms with Gasteiger partial charge in [0.05, 0.1) is 5.92 Å². The van der Waals surface area contributed by atoms with Gasteiger partial charge in [0.1, 0.15) is 30.3 Å². The number of carbonyl (C=O) groups excluding carboxylic acids is 6. The standard InChI is InChI=1S/C40H58N4O8/c1-10-12-14-21-30-27(8)35(45)41-32(24(3)4)38(48)43(9)34(25(5)6)40(50)52-31(23-28-18-15-13-16-19-28)37(47)44-22-17-20-29(44)36(46)42-33(26(7)11-2)39(49)51-30/h1,13,15-16,18-19,24-27,29-34H,11-12,14,17,20-23H2,2-9H3,(H,41,45)(H,42,46)/t26-,27-,29-,30+,31-,32-,33-,34-/m0/s1. The molecule has 0 radical (unpaired) electrons. The summed E-state index contributed by atoms with van der Waals surface area (Å²) in [6, 6.07) is 5.00. The third kappa shape index (κ3) is 10.6. The fraction of sp³-hybridized carbons (Fsp3) is 0.650. The minimum atomic E-state index is -1.30. The summed E-state index contributed by atoms with van der Waals surface area (Å²) in [5.74, 6) is -3.02. The van der Waals surface area contributed by atoms with Crippen molar-refractivity contribution in [1.29, 1.82) is 0 Å². The average molecular weight is 723 g/mol. The van der Waals surface area contributed by atoms with Crippen molar-refractivity contribution >= 4 is 35.6 Å². The molecule has 1 aromatic rings. The van der Waals surface area contributed by atoms with Crippen LogP contribution >= 0.6 is 0 Å². The number of likely N-dealkylation sites (N-methyl/N-ethyl adjacent to an activating group) is 1. The van der Waals surface area contributed by atoms with Gasteiger partial charge in [0.25, 0.3) is 5.91 Å². The molecule has 8 atom stereocenters. The fourth-order valence-corrected chi connectivity index (χ4v) is 6.86. The monoisotopic (exact) mass is 722 g/mol. The Morgan fingerprint density at radius 2 is 1.54 bits per heavy atom. The van der Waals surface area contributed by atoms with Crippen LogP contribution in [0.4, 0.5) is 0 Å². The third-order valence-corrected chi connectivity index (χ3v) is 10.3. The van der Waals surface area contributed by atoms with E-state index in [0.717, 1.165) is 5.56 Å². The summed E-state index contributed by atoms with van der Waals surface area (Å²) in [5, 5.41) is 5.72. The number of nitrogens with zero attached hydrogens (tertiary/aromatic N) is 2. The van der Waals surface area contributed by atoms with Crippen molar-refractivity contribution < 1.29 is 38.2 Å². The van der Waals surface area contributed by atoms with Crippen LogP contribution in [-0.2, 0) is 44.7 Å². The Labute approximate surface area is 309 Å². The van der Waals surface area contributed by atoms with Crippen molar-refractivity contribution in [1.82, 2.24) is 20.4 Å². The Balaban J connectivity index is 2.14. The van der Waals surface area contributed by atoms with E-state index in [2.05, 4.69) is 16.6 Å². The first-order valence-corrected chi connectivity index (χ1v) is 18.7. The normalized spacial score (nSPS) is 27.8. The van der Waals surface area contributed by atoms with E-state index in [1.807, 2.05) is 44.2 Å². The van der Waals surface area contributed by atoms with Crippen LogP contribution in [0.5, 0.6) is 0 Å². The highest BCUT2D eigenvalue weighted by atomic mass is 16.6. The van der Waals surface area contributed by atoms with Crippen molar-refractivity contribution in [3.63, 3.8) is 0 Å². The maximum atomic E-state index is 14.3. The molecule has 2 saturated heterocycles. The van der Waals surface area contributed by atoms with Gasteiger partial charge in [-0.15, -0.1) is 12.3 Å². The van der Waals surface area contributed by atoms with E-state index in [-0.39, 0.29) is 31.2 Å². The molecular formula is C40H58N4O8. The Morgan fingerprint density at radius 3 is 2.13 bits per heavy atom. The predicted molar refractivity (Wildman–Crippen MR) is 196 cm³/mol. The summed E-state index contributed by atoms with van der Waals surface area (Å²) >= 11 is 0. The first kappa shape index (κ1) is 42.0. The van der Waals surface area contributed by atoms with E-state index in [9.17, 15) is 28.8 Å². The summed E-state index contributed by atoms with van der Waals surface area (Å²) in [5.41, 5.74) is 0.742. The third-order valence-electron chi connectivity index (χ3n) is 10.3. The molecule has 2 heterocycles. The molecule has 2 N–H and O–H groups in total. The number of hydrogen-bond acceptors (Lipinski definition) is 8. The molecule has 0 spiro atoms. The van der Waals surface area contributed by atoms with Gasteiger partial charge in [-0.1, -0.05) is 85.2 Å². The van der Waals surface area contributed by atoms with E-state index in [0.29, 0.717) is 32.1 Å².